The second kappa shape index (κ2) is 12.8. The van der Waals surface area contributed by atoms with E-state index < -0.39 is 0 Å². The van der Waals surface area contributed by atoms with Gasteiger partial charge in [0.25, 0.3) is 5.91 Å². The van der Waals surface area contributed by atoms with Gasteiger partial charge in [-0.3, -0.25) is 14.6 Å². The van der Waals surface area contributed by atoms with Gasteiger partial charge in [0.15, 0.2) is 0 Å². The number of nitrogens with one attached hydrogen (secondary N) is 1. The number of carbonyl (C=O) groups is 1. The Balaban J connectivity index is 0.00000370. The van der Waals surface area contributed by atoms with Gasteiger partial charge in [-0.05, 0) is 67.4 Å². The number of halogens is 4. The van der Waals surface area contributed by atoms with Crippen molar-refractivity contribution >= 4 is 46.5 Å². The zero-order chi connectivity index (χ0) is 27.4. The molecule has 0 saturated carbocycles. The summed E-state index contributed by atoms with van der Waals surface area (Å²) in [6, 6.07) is 14.2. The average Bonchev–Trinajstić information content (AvgIpc) is 2.94. The molecule has 3 aromatic rings. The predicted octanol–water partition coefficient (Wildman–Crippen LogP) is 6.14. The Morgan fingerprint density at radius 2 is 1.67 bits per heavy atom. The van der Waals surface area contributed by atoms with Crippen LogP contribution >= 0.6 is 34.8 Å². The first-order valence-corrected chi connectivity index (χ1v) is 14.3. The van der Waals surface area contributed by atoms with Crippen molar-refractivity contribution in [3.05, 3.63) is 92.3 Å². The molecule has 2 aliphatic rings. The van der Waals surface area contributed by atoms with E-state index in [0.29, 0.717) is 32.5 Å². The molecule has 0 radical (unpaired) electrons. The molecular formula is C29H33Cl3FN5O. The van der Waals surface area contributed by atoms with Gasteiger partial charge in [-0.2, -0.15) is 0 Å². The Bertz CT molecular complexity index is 1300. The number of carbonyl (C=O) groups excluding carboxylic acids is 1. The fraction of sp³-hybridized carbons (Fsp3) is 0.379. The maximum Gasteiger partial charge on any atom is 0.253 e. The third-order valence-electron chi connectivity index (χ3n) is 7.55. The largest absolute Gasteiger partial charge is 0.353 e. The smallest absolute Gasteiger partial charge is 0.253 e. The molecule has 2 aliphatic heterocycles. The van der Waals surface area contributed by atoms with Gasteiger partial charge < -0.3 is 10.2 Å². The summed E-state index contributed by atoms with van der Waals surface area (Å²) in [5.41, 5.74) is 2.34. The van der Waals surface area contributed by atoms with Crippen molar-refractivity contribution in [2.75, 3.05) is 44.2 Å². The molecule has 0 spiro atoms. The highest BCUT2D eigenvalue weighted by Crippen LogP contribution is 2.27. The number of anilines is 1. The molecular weight excluding hydrogens is 560 g/mol. The summed E-state index contributed by atoms with van der Waals surface area (Å²) in [5.74, 6) is 0.255. The zero-order valence-corrected chi connectivity index (χ0v) is 23.8. The van der Waals surface area contributed by atoms with Crippen LogP contribution in [0.5, 0.6) is 0 Å². The van der Waals surface area contributed by atoms with E-state index in [0.717, 1.165) is 69.8 Å². The molecule has 5 rings (SSSR count). The summed E-state index contributed by atoms with van der Waals surface area (Å²) in [7, 11) is 0. The Labute approximate surface area is 245 Å². The first-order chi connectivity index (χ1) is 18.9. The van der Waals surface area contributed by atoms with Gasteiger partial charge in [-0.25, -0.2) is 9.37 Å². The number of aromatic nitrogens is 1. The third-order valence-corrected chi connectivity index (χ3v) is 8.41. The summed E-state index contributed by atoms with van der Waals surface area (Å²) in [6.45, 7) is 6.81. The van der Waals surface area contributed by atoms with Gasteiger partial charge in [0.1, 0.15) is 11.6 Å². The number of pyridine rings is 1. The highest BCUT2D eigenvalue weighted by Gasteiger charge is 2.28. The minimum absolute atomic E-state index is 0. The maximum absolute atomic E-state index is 13.2. The fourth-order valence-electron chi connectivity index (χ4n) is 5.32. The number of piperidine rings is 1. The molecule has 3 heterocycles. The van der Waals surface area contributed by atoms with Crippen molar-refractivity contribution < 1.29 is 10.6 Å². The molecule has 0 bridgehead atoms. The number of amides is 1. The van der Waals surface area contributed by atoms with Crippen LogP contribution in [0.1, 0.15) is 35.8 Å². The average molecular weight is 593 g/mol. The lowest BCUT2D eigenvalue weighted by Gasteiger charge is -2.43. The van der Waals surface area contributed by atoms with Crippen LogP contribution in [0.2, 0.25) is 15.1 Å². The number of likely N-dealkylation sites (tertiary alicyclic amines) is 1. The third kappa shape index (κ3) is 7.21. The Hall–Kier alpha value is -2.42. The minimum atomic E-state index is -0.266. The van der Waals surface area contributed by atoms with E-state index in [4.69, 9.17) is 34.8 Å². The molecule has 1 amide bonds. The van der Waals surface area contributed by atoms with Gasteiger partial charge in [0, 0.05) is 63.0 Å². The van der Waals surface area contributed by atoms with Crippen LogP contribution in [0, 0.1) is 5.82 Å². The highest BCUT2D eigenvalue weighted by atomic mass is 35.5. The molecule has 39 heavy (non-hydrogen) atoms. The summed E-state index contributed by atoms with van der Waals surface area (Å²) < 4.78 is 13.2. The SMILES string of the molecule is O=C(NCc1ccc(Cl)cc1Cl)c1cnc(N2CCN(C3CCN(Cc4ccc(F)cc4)CC3)CC2)c(Cl)c1.[HH]. The maximum atomic E-state index is 13.2. The number of benzene rings is 2. The lowest BCUT2D eigenvalue weighted by atomic mass is 10.0. The monoisotopic (exact) mass is 591 g/mol. The van der Waals surface area contributed by atoms with E-state index in [1.165, 1.54) is 12.1 Å². The van der Waals surface area contributed by atoms with Gasteiger partial charge in [0.05, 0.1) is 10.6 Å². The molecule has 0 atom stereocenters. The van der Waals surface area contributed by atoms with Gasteiger partial charge in [0.2, 0.25) is 0 Å². The molecule has 1 aromatic heterocycles. The topological polar surface area (TPSA) is 51.7 Å². The molecule has 0 unspecified atom stereocenters. The van der Waals surface area contributed by atoms with Gasteiger partial charge >= 0.3 is 0 Å². The van der Waals surface area contributed by atoms with Crippen LogP contribution in [-0.4, -0.2) is 66.0 Å². The summed E-state index contributed by atoms with van der Waals surface area (Å²) in [4.78, 5) is 24.4. The second-order valence-corrected chi connectivity index (χ2v) is 11.4. The van der Waals surface area contributed by atoms with Crippen molar-refractivity contribution in [3.63, 3.8) is 0 Å². The number of rotatable bonds is 7. The molecule has 2 fully saturated rings. The Kier molecular flexibility index (Phi) is 9.25. The van der Waals surface area contributed by atoms with Crippen molar-refractivity contribution in [3.8, 4) is 0 Å². The van der Waals surface area contributed by atoms with Crippen LogP contribution in [-0.2, 0) is 13.1 Å². The van der Waals surface area contributed by atoms with Crippen molar-refractivity contribution in [1.82, 2.24) is 20.1 Å². The summed E-state index contributed by atoms with van der Waals surface area (Å²) in [5, 5.41) is 4.38. The number of piperazine rings is 1. The quantitative estimate of drug-likeness (QED) is 0.357. The number of hydrogen-bond acceptors (Lipinski definition) is 5. The van der Waals surface area contributed by atoms with Gasteiger partial charge in [-0.1, -0.05) is 53.0 Å². The standard InChI is InChI=1S/C29H31Cl3FN5O.H2/c30-23-4-3-21(26(31)16-23)17-35-29(39)22-15-27(32)28(34-18-22)38-13-11-37(12-14-38)25-7-9-36(10-8-25)19-20-1-5-24(33)6-2-20;/h1-6,15-16,18,25H,7-14,17,19H2,(H,35,39);1H. The second-order valence-electron chi connectivity index (χ2n) is 10.1. The van der Waals surface area contributed by atoms with Crippen LogP contribution in [0.15, 0.2) is 54.7 Å². The fourth-order valence-corrected chi connectivity index (χ4v) is 6.08. The highest BCUT2D eigenvalue weighted by molar-refractivity contribution is 6.35. The molecule has 2 aromatic carbocycles. The van der Waals surface area contributed by atoms with E-state index >= 15 is 0 Å². The van der Waals surface area contributed by atoms with E-state index in [9.17, 15) is 9.18 Å². The lowest BCUT2D eigenvalue weighted by Crippen LogP contribution is -2.53. The predicted molar refractivity (Wildman–Crippen MR) is 157 cm³/mol. The molecule has 0 aliphatic carbocycles. The molecule has 1 N–H and O–H groups in total. The van der Waals surface area contributed by atoms with Crippen molar-refractivity contribution in [1.29, 1.82) is 0 Å². The van der Waals surface area contributed by atoms with E-state index in [1.807, 2.05) is 12.1 Å². The normalized spacial score (nSPS) is 17.4. The van der Waals surface area contributed by atoms with Crippen LogP contribution in [0.3, 0.4) is 0 Å². The zero-order valence-electron chi connectivity index (χ0n) is 21.6. The first kappa shape index (κ1) is 28.1. The molecule has 10 heteroatoms. The van der Waals surface area contributed by atoms with Gasteiger partial charge in [-0.15, -0.1) is 0 Å². The van der Waals surface area contributed by atoms with E-state index in [1.54, 1.807) is 30.5 Å². The van der Waals surface area contributed by atoms with E-state index in [-0.39, 0.29) is 19.7 Å². The summed E-state index contributed by atoms with van der Waals surface area (Å²) >= 11 is 18.7. The van der Waals surface area contributed by atoms with Crippen LogP contribution < -0.4 is 10.2 Å². The van der Waals surface area contributed by atoms with E-state index in [2.05, 4.69) is 25.0 Å². The Morgan fingerprint density at radius 3 is 2.33 bits per heavy atom. The number of nitrogens with zero attached hydrogens (tertiary/aromatic N) is 4. The molecule has 208 valence electrons. The van der Waals surface area contributed by atoms with Crippen molar-refractivity contribution in [2.45, 2.75) is 32.0 Å². The molecule has 2 saturated heterocycles. The van der Waals surface area contributed by atoms with Crippen LogP contribution in [0.25, 0.3) is 0 Å². The minimum Gasteiger partial charge on any atom is -0.353 e. The first-order valence-electron chi connectivity index (χ1n) is 13.2. The van der Waals surface area contributed by atoms with Crippen LogP contribution in [0.4, 0.5) is 10.2 Å². The Morgan fingerprint density at radius 1 is 0.949 bits per heavy atom. The number of hydrogen-bond donors (Lipinski definition) is 1. The lowest BCUT2D eigenvalue weighted by molar-refractivity contribution is 0.0950. The molecule has 6 nitrogen and oxygen atoms in total. The summed E-state index contributed by atoms with van der Waals surface area (Å²) in [6.07, 6.45) is 3.83. The van der Waals surface area contributed by atoms with Crippen molar-refractivity contribution in [2.24, 2.45) is 0 Å².